The summed E-state index contributed by atoms with van der Waals surface area (Å²) >= 11 is 1.58. The Bertz CT molecular complexity index is 556. The number of aryl methyl sites for hydroxylation is 1. The van der Waals surface area contributed by atoms with Gasteiger partial charge in [-0.2, -0.15) is 0 Å². The zero-order chi connectivity index (χ0) is 13.8. The molecule has 0 aliphatic heterocycles. The lowest BCUT2D eigenvalue weighted by Gasteiger charge is -2.17. The molecule has 0 amide bonds. The maximum atomic E-state index is 14.2. The summed E-state index contributed by atoms with van der Waals surface area (Å²) in [6.07, 6.45) is 1.80. The molecule has 5 heteroatoms. The Morgan fingerprint density at radius 1 is 1.47 bits per heavy atom. The second-order valence-corrected chi connectivity index (χ2v) is 5.43. The lowest BCUT2D eigenvalue weighted by molar-refractivity contribution is 0.410. The van der Waals surface area contributed by atoms with E-state index in [2.05, 4.69) is 10.3 Å². The second-order valence-electron chi connectivity index (χ2n) is 4.16. The van der Waals surface area contributed by atoms with Crippen LogP contribution in [-0.4, -0.2) is 18.6 Å². The SMILES string of the molecule is CCNC(c1cnc(C)s1)c1ccc(OC)cc1F. The third-order valence-electron chi connectivity index (χ3n) is 2.85. The summed E-state index contributed by atoms with van der Waals surface area (Å²) in [5.41, 5.74) is 0.617. The molecule has 1 atom stereocenters. The summed E-state index contributed by atoms with van der Waals surface area (Å²) in [6.45, 7) is 4.71. The van der Waals surface area contributed by atoms with Crippen LogP contribution in [0.25, 0.3) is 0 Å². The van der Waals surface area contributed by atoms with Crippen LogP contribution < -0.4 is 10.1 Å². The number of halogens is 1. The van der Waals surface area contributed by atoms with E-state index in [1.54, 1.807) is 29.7 Å². The van der Waals surface area contributed by atoms with Crippen LogP contribution >= 0.6 is 11.3 Å². The first-order valence-corrected chi connectivity index (χ1v) is 6.96. The number of benzene rings is 1. The van der Waals surface area contributed by atoms with Crippen LogP contribution in [0.5, 0.6) is 5.75 Å². The standard InChI is InChI=1S/C14H17FN2OS/c1-4-16-14(13-8-17-9(2)19-13)11-6-5-10(18-3)7-12(11)15/h5-8,14,16H,4H2,1-3H3. The van der Waals surface area contributed by atoms with Gasteiger partial charge in [0.25, 0.3) is 0 Å². The number of hydrogen-bond acceptors (Lipinski definition) is 4. The van der Waals surface area contributed by atoms with Crippen LogP contribution in [0.2, 0.25) is 0 Å². The van der Waals surface area contributed by atoms with Crippen molar-refractivity contribution >= 4 is 11.3 Å². The van der Waals surface area contributed by atoms with Gasteiger partial charge in [-0.15, -0.1) is 11.3 Å². The van der Waals surface area contributed by atoms with Crippen molar-refractivity contribution in [2.45, 2.75) is 19.9 Å². The van der Waals surface area contributed by atoms with Crippen molar-refractivity contribution in [2.24, 2.45) is 0 Å². The van der Waals surface area contributed by atoms with Crippen molar-refractivity contribution in [3.63, 3.8) is 0 Å². The summed E-state index contributed by atoms with van der Waals surface area (Å²) in [5.74, 6) is 0.258. The van der Waals surface area contributed by atoms with Crippen LogP contribution in [0.1, 0.15) is 28.4 Å². The highest BCUT2D eigenvalue weighted by molar-refractivity contribution is 7.11. The Morgan fingerprint density at radius 3 is 2.79 bits per heavy atom. The molecule has 1 unspecified atom stereocenters. The normalized spacial score (nSPS) is 12.4. The molecule has 0 saturated heterocycles. The predicted octanol–water partition coefficient (Wildman–Crippen LogP) is 3.30. The van der Waals surface area contributed by atoms with Crippen LogP contribution in [0.15, 0.2) is 24.4 Å². The van der Waals surface area contributed by atoms with Gasteiger partial charge in [-0.05, 0) is 19.5 Å². The molecule has 0 aliphatic rings. The minimum atomic E-state index is -0.267. The van der Waals surface area contributed by atoms with Crippen LogP contribution in [0, 0.1) is 12.7 Å². The number of thiazole rings is 1. The first-order valence-electron chi connectivity index (χ1n) is 6.14. The van der Waals surface area contributed by atoms with E-state index in [0.29, 0.717) is 11.3 Å². The number of nitrogens with zero attached hydrogens (tertiary/aromatic N) is 1. The van der Waals surface area contributed by atoms with Gasteiger partial charge in [0.05, 0.1) is 18.2 Å². The monoisotopic (exact) mass is 280 g/mol. The number of hydrogen-bond donors (Lipinski definition) is 1. The molecule has 0 aliphatic carbocycles. The Balaban J connectivity index is 2.39. The zero-order valence-corrected chi connectivity index (χ0v) is 12.1. The molecule has 3 nitrogen and oxygen atoms in total. The van der Waals surface area contributed by atoms with Gasteiger partial charge < -0.3 is 10.1 Å². The number of aromatic nitrogens is 1. The Hall–Kier alpha value is -1.46. The Kier molecular flexibility index (Phi) is 4.50. The molecule has 0 bridgehead atoms. The molecule has 19 heavy (non-hydrogen) atoms. The minimum Gasteiger partial charge on any atom is -0.497 e. The predicted molar refractivity (Wildman–Crippen MR) is 75.3 cm³/mol. The second kappa shape index (κ2) is 6.12. The van der Waals surface area contributed by atoms with Gasteiger partial charge in [0.1, 0.15) is 11.6 Å². The van der Waals surface area contributed by atoms with Crippen molar-refractivity contribution in [3.8, 4) is 5.75 Å². The largest absolute Gasteiger partial charge is 0.497 e. The molecule has 0 fully saturated rings. The fourth-order valence-electron chi connectivity index (χ4n) is 1.95. The number of ether oxygens (including phenoxy) is 1. The van der Waals surface area contributed by atoms with Crippen LogP contribution in [0.4, 0.5) is 4.39 Å². The van der Waals surface area contributed by atoms with E-state index in [1.807, 2.05) is 13.8 Å². The van der Waals surface area contributed by atoms with Crippen LogP contribution in [0.3, 0.4) is 0 Å². The van der Waals surface area contributed by atoms with Gasteiger partial charge in [-0.3, -0.25) is 0 Å². The van der Waals surface area contributed by atoms with Crippen molar-refractivity contribution in [1.29, 1.82) is 0 Å². The average Bonchev–Trinajstić information content (AvgIpc) is 2.83. The van der Waals surface area contributed by atoms with Crippen molar-refractivity contribution < 1.29 is 9.13 Å². The molecular weight excluding hydrogens is 263 g/mol. The van der Waals surface area contributed by atoms with Gasteiger partial charge in [0, 0.05) is 22.7 Å². The summed E-state index contributed by atoms with van der Waals surface area (Å²) in [7, 11) is 1.53. The lowest BCUT2D eigenvalue weighted by Crippen LogP contribution is -2.22. The Morgan fingerprint density at radius 2 is 2.26 bits per heavy atom. The number of nitrogens with one attached hydrogen (secondary N) is 1. The highest BCUT2D eigenvalue weighted by Crippen LogP contribution is 2.30. The van der Waals surface area contributed by atoms with Gasteiger partial charge >= 0.3 is 0 Å². The molecule has 2 aromatic rings. The maximum Gasteiger partial charge on any atom is 0.132 e. The topological polar surface area (TPSA) is 34.2 Å². The third-order valence-corrected chi connectivity index (χ3v) is 3.83. The molecule has 1 N–H and O–H groups in total. The smallest absolute Gasteiger partial charge is 0.132 e. The van der Waals surface area contributed by atoms with E-state index in [4.69, 9.17) is 4.74 Å². The van der Waals surface area contributed by atoms with E-state index >= 15 is 0 Å². The van der Waals surface area contributed by atoms with E-state index in [1.165, 1.54) is 13.2 Å². The minimum absolute atomic E-state index is 0.165. The van der Waals surface area contributed by atoms with E-state index < -0.39 is 0 Å². The van der Waals surface area contributed by atoms with Gasteiger partial charge in [0.15, 0.2) is 0 Å². The molecule has 1 aromatic heterocycles. The first-order chi connectivity index (χ1) is 9.15. The highest BCUT2D eigenvalue weighted by atomic mass is 32.1. The fourth-order valence-corrected chi connectivity index (χ4v) is 2.83. The number of rotatable bonds is 5. The molecule has 2 rings (SSSR count). The zero-order valence-electron chi connectivity index (χ0n) is 11.2. The van der Waals surface area contributed by atoms with E-state index in [9.17, 15) is 4.39 Å². The summed E-state index contributed by atoms with van der Waals surface area (Å²) in [5, 5.41) is 4.27. The van der Waals surface area contributed by atoms with Gasteiger partial charge in [0.2, 0.25) is 0 Å². The van der Waals surface area contributed by atoms with E-state index in [-0.39, 0.29) is 11.9 Å². The van der Waals surface area contributed by atoms with Crippen LogP contribution in [-0.2, 0) is 0 Å². The quantitative estimate of drug-likeness (QED) is 0.912. The molecule has 1 heterocycles. The molecule has 102 valence electrons. The van der Waals surface area contributed by atoms with E-state index in [0.717, 1.165) is 16.4 Å². The first kappa shape index (κ1) is 14.0. The summed E-state index contributed by atoms with van der Waals surface area (Å²) < 4.78 is 19.2. The molecule has 0 radical (unpaired) electrons. The summed E-state index contributed by atoms with van der Waals surface area (Å²) in [4.78, 5) is 5.26. The molecule has 1 aromatic carbocycles. The van der Waals surface area contributed by atoms with Crippen molar-refractivity contribution in [3.05, 3.63) is 45.7 Å². The molecular formula is C14H17FN2OS. The average molecular weight is 280 g/mol. The van der Waals surface area contributed by atoms with Crippen molar-refractivity contribution in [2.75, 3.05) is 13.7 Å². The number of methoxy groups -OCH3 is 1. The Labute approximate surface area is 116 Å². The maximum absolute atomic E-state index is 14.2. The van der Waals surface area contributed by atoms with Gasteiger partial charge in [-0.1, -0.05) is 13.0 Å². The molecule has 0 saturated carbocycles. The lowest BCUT2D eigenvalue weighted by atomic mass is 10.0. The van der Waals surface area contributed by atoms with Gasteiger partial charge in [-0.25, -0.2) is 9.37 Å². The molecule has 0 spiro atoms. The highest BCUT2D eigenvalue weighted by Gasteiger charge is 2.19. The fraction of sp³-hybridized carbons (Fsp3) is 0.357. The van der Waals surface area contributed by atoms with Crippen molar-refractivity contribution in [1.82, 2.24) is 10.3 Å². The third kappa shape index (κ3) is 3.11. The summed E-state index contributed by atoms with van der Waals surface area (Å²) in [6, 6.07) is 4.78.